The highest BCUT2D eigenvalue weighted by atomic mass is 16.2. The summed E-state index contributed by atoms with van der Waals surface area (Å²) in [5.41, 5.74) is 16.2. The first-order valence-corrected chi connectivity index (χ1v) is 11.3. The van der Waals surface area contributed by atoms with Crippen LogP contribution in [0, 0.1) is 13.8 Å². The molecule has 0 aromatic carbocycles. The second-order valence-electron chi connectivity index (χ2n) is 9.07. The Kier molecular flexibility index (Phi) is 5.21. The van der Waals surface area contributed by atoms with Crippen LogP contribution >= 0.6 is 0 Å². The number of hydrogen-bond acceptors (Lipinski definition) is 7. The molecule has 0 unspecified atom stereocenters. The Hall–Kier alpha value is -3.20. The standard InChI is InChI=1S/C23H30N8O/c1-14-9-17(21(25)26-11-14)23(32)30-7-4-3-5-19(30)18-10-20-27-22(15(2)12-31(20)28-18)29-8-6-16(24)13-29/h9-12,16,19H,3-8,13,24H2,1-2H3,(H2,25,26)/t16-,19-/m0/s1. The van der Waals surface area contributed by atoms with E-state index in [0.717, 1.165) is 67.1 Å². The summed E-state index contributed by atoms with van der Waals surface area (Å²) in [6, 6.07) is 3.91. The highest BCUT2D eigenvalue weighted by molar-refractivity contribution is 5.98. The topological polar surface area (TPSA) is 119 Å². The fourth-order valence-electron chi connectivity index (χ4n) is 4.87. The molecular weight excluding hydrogens is 404 g/mol. The molecule has 0 spiro atoms. The first kappa shape index (κ1) is 20.7. The third-order valence-electron chi connectivity index (χ3n) is 6.54. The number of likely N-dealkylation sites (tertiary alicyclic amines) is 1. The van der Waals surface area contributed by atoms with Crippen molar-refractivity contribution < 1.29 is 4.79 Å². The number of aromatic nitrogens is 4. The third-order valence-corrected chi connectivity index (χ3v) is 6.54. The quantitative estimate of drug-likeness (QED) is 0.649. The van der Waals surface area contributed by atoms with Gasteiger partial charge in [0.1, 0.15) is 11.6 Å². The molecule has 1 amide bonds. The lowest BCUT2D eigenvalue weighted by molar-refractivity contribution is 0.0606. The number of hydrogen-bond donors (Lipinski definition) is 2. The van der Waals surface area contributed by atoms with Crippen molar-refractivity contribution in [2.24, 2.45) is 5.73 Å². The van der Waals surface area contributed by atoms with Crippen molar-refractivity contribution in [3.63, 3.8) is 0 Å². The van der Waals surface area contributed by atoms with Gasteiger partial charge in [-0.1, -0.05) is 0 Å². The van der Waals surface area contributed by atoms with E-state index in [1.165, 1.54) is 0 Å². The van der Waals surface area contributed by atoms with Gasteiger partial charge in [0.15, 0.2) is 5.65 Å². The van der Waals surface area contributed by atoms with E-state index in [1.54, 1.807) is 6.20 Å². The molecule has 3 aromatic rings. The number of carbonyl (C=O) groups excluding carboxylic acids is 1. The number of nitrogen functional groups attached to an aromatic ring is 1. The second-order valence-corrected chi connectivity index (χ2v) is 9.07. The van der Waals surface area contributed by atoms with Gasteiger partial charge in [-0.2, -0.15) is 5.10 Å². The van der Waals surface area contributed by atoms with Crippen LogP contribution in [0.1, 0.15) is 58.9 Å². The first-order chi connectivity index (χ1) is 15.4. The minimum atomic E-state index is -0.109. The molecule has 0 radical (unpaired) electrons. The Morgan fingerprint density at radius 1 is 1.16 bits per heavy atom. The van der Waals surface area contributed by atoms with Crippen LogP contribution in [0.4, 0.5) is 11.6 Å². The van der Waals surface area contributed by atoms with Crippen LogP contribution < -0.4 is 16.4 Å². The number of fused-ring (bicyclic) bond motifs is 1. The fourth-order valence-corrected chi connectivity index (χ4v) is 4.87. The van der Waals surface area contributed by atoms with Crippen molar-refractivity contribution in [1.29, 1.82) is 0 Å². The SMILES string of the molecule is Cc1cnc(N)c(C(=O)N2CCCC[C@H]2c2cc3nc(N4CC[C@H](N)C4)c(C)cn3n2)c1. The van der Waals surface area contributed by atoms with Crippen LogP contribution in [-0.4, -0.2) is 56.1 Å². The Labute approximate surface area is 187 Å². The minimum Gasteiger partial charge on any atom is -0.383 e. The van der Waals surface area contributed by atoms with Gasteiger partial charge < -0.3 is 21.3 Å². The molecule has 9 heteroatoms. The Bertz CT molecular complexity index is 1170. The van der Waals surface area contributed by atoms with E-state index in [2.05, 4.69) is 16.8 Å². The van der Waals surface area contributed by atoms with E-state index in [4.69, 9.17) is 21.5 Å². The van der Waals surface area contributed by atoms with Crippen LogP contribution in [0.2, 0.25) is 0 Å². The number of pyridine rings is 1. The molecule has 4 N–H and O–H groups in total. The van der Waals surface area contributed by atoms with Gasteiger partial charge in [-0.25, -0.2) is 14.5 Å². The zero-order valence-electron chi connectivity index (χ0n) is 18.7. The van der Waals surface area contributed by atoms with Gasteiger partial charge in [0.05, 0.1) is 17.3 Å². The van der Waals surface area contributed by atoms with Crippen LogP contribution in [-0.2, 0) is 0 Å². The minimum absolute atomic E-state index is 0.0867. The summed E-state index contributed by atoms with van der Waals surface area (Å²) in [7, 11) is 0. The smallest absolute Gasteiger partial charge is 0.258 e. The summed E-state index contributed by atoms with van der Waals surface area (Å²) < 4.78 is 1.82. The number of anilines is 2. The molecule has 2 atom stereocenters. The number of nitrogens with two attached hydrogens (primary N) is 2. The van der Waals surface area contributed by atoms with E-state index in [-0.39, 0.29) is 23.8 Å². The molecule has 2 saturated heterocycles. The summed E-state index contributed by atoms with van der Waals surface area (Å²) in [6.07, 6.45) is 7.55. The number of nitrogens with zero attached hydrogens (tertiary/aromatic N) is 6. The molecule has 0 bridgehead atoms. The zero-order chi connectivity index (χ0) is 22.4. The zero-order valence-corrected chi connectivity index (χ0v) is 18.7. The maximum atomic E-state index is 13.4. The summed E-state index contributed by atoms with van der Waals surface area (Å²) in [5.74, 6) is 1.15. The summed E-state index contributed by atoms with van der Waals surface area (Å²) in [4.78, 5) is 26.6. The van der Waals surface area contributed by atoms with Crippen molar-refractivity contribution >= 4 is 23.2 Å². The molecule has 3 aromatic heterocycles. The Balaban J connectivity index is 1.48. The molecule has 2 fully saturated rings. The molecule has 168 valence electrons. The van der Waals surface area contributed by atoms with Crippen molar-refractivity contribution in [3.8, 4) is 0 Å². The fraction of sp³-hybridized carbons (Fsp3) is 0.478. The molecular formula is C23H30N8O. The van der Waals surface area contributed by atoms with Gasteiger partial charge in [0.2, 0.25) is 0 Å². The number of rotatable bonds is 3. The summed E-state index contributed by atoms with van der Waals surface area (Å²) in [5, 5.41) is 4.82. The van der Waals surface area contributed by atoms with Gasteiger partial charge in [0, 0.05) is 49.7 Å². The first-order valence-electron chi connectivity index (χ1n) is 11.3. The lowest BCUT2D eigenvalue weighted by Crippen LogP contribution is -2.39. The van der Waals surface area contributed by atoms with E-state index < -0.39 is 0 Å². The van der Waals surface area contributed by atoms with Crippen LogP contribution in [0.25, 0.3) is 5.65 Å². The van der Waals surface area contributed by atoms with Gasteiger partial charge in [-0.05, 0) is 51.2 Å². The number of piperidine rings is 1. The van der Waals surface area contributed by atoms with E-state index in [9.17, 15) is 4.79 Å². The lowest BCUT2D eigenvalue weighted by atomic mass is 9.98. The third kappa shape index (κ3) is 3.66. The largest absolute Gasteiger partial charge is 0.383 e. The highest BCUT2D eigenvalue weighted by Crippen LogP contribution is 2.33. The van der Waals surface area contributed by atoms with Crippen molar-refractivity contribution in [2.75, 3.05) is 30.3 Å². The predicted molar refractivity (Wildman–Crippen MR) is 124 cm³/mol. The number of amides is 1. The Morgan fingerprint density at radius 3 is 2.78 bits per heavy atom. The normalized spacial score (nSPS) is 21.5. The van der Waals surface area contributed by atoms with Gasteiger partial charge in [-0.15, -0.1) is 0 Å². The van der Waals surface area contributed by atoms with Crippen LogP contribution in [0.3, 0.4) is 0 Å². The Morgan fingerprint density at radius 2 is 2.00 bits per heavy atom. The maximum Gasteiger partial charge on any atom is 0.258 e. The van der Waals surface area contributed by atoms with E-state index in [0.29, 0.717) is 12.1 Å². The van der Waals surface area contributed by atoms with Crippen molar-refractivity contribution in [3.05, 3.63) is 46.9 Å². The van der Waals surface area contributed by atoms with Gasteiger partial charge in [-0.3, -0.25) is 4.79 Å². The van der Waals surface area contributed by atoms with E-state index >= 15 is 0 Å². The van der Waals surface area contributed by atoms with Crippen LogP contribution in [0.5, 0.6) is 0 Å². The number of aryl methyl sites for hydroxylation is 2. The molecule has 0 aliphatic carbocycles. The predicted octanol–water partition coefficient (Wildman–Crippen LogP) is 2.23. The monoisotopic (exact) mass is 434 g/mol. The lowest BCUT2D eigenvalue weighted by Gasteiger charge is -2.35. The summed E-state index contributed by atoms with van der Waals surface area (Å²) in [6.45, 7) is 6.38. The second kappa shape index (κ2) is 8.05. The highest BCUT2D eigenvalue weighted by Gasteiger charge is 2.32. The average Bonchev–Trinajstić information content (AvgIpc) is 3.40. The van der Waals surface area contributed by atoms with Gasteiger partial charge >= 0.3 is 0 Å². The maximum absolute atomic E-state index is 13.4. The molecule has 9 nitrogen and oxygen atoms in total. The summed E-state index contributed by atoms with van der Waals surface area (Å²) >= 11 is 0. The van der Waals surface area contributed by atoms with Crippen molar-refractivity contribution in [2.45, 2.75) is 51.6 Å². The van der Waals surface area contributed by atoms with Gasteiger partial charge in [0.25, 0.3) is 5.91 Å². The average molecular weight is 435 g/mol. The van der Waals surface area contributed by atoms with E-state index in [1.807, 2.05) is 34.7 Å². The van der Waals surface area contributed by atoms with Crippen molar-refractivity contribution in [1.82, 2.24) is 24.5 Å². The molecule has 2 aliphatic rings. The number of carbonyl (C=O) groups is 1. The molecule has 0 saturated carbocycles. The molecule has 2 aliphatic heterocycles. The van der Waals surface area contributed by atoms with Crippen LogP contribution in [0.15, 0.2) is 24.5 Å². The molecule has 5 heterocycles. The molecule has 32 heavy (non-hydrogen) atoms. The molecule has 5 rings (SSSR count).